The molecule has 0 bridgehead atoms. The van der Waals surface area contributed by atoms with Gasteiger partial charge in [-0.05, 0) is 45.1 Å². The van der Waals surface area contributed by atoms with Crippen molar-refractivity contribution >= 4 is 5.91 Å². The molecule has 1 aliphatic heterocycles. The number of carbonyl (C=O) groups excluding carboxylic acids is 1. The Labute approximate surface area is 97.3 Å². The zero-order chi connectivity index (χ0) is 11.6. The van der Waals surface area contributed by atoms with Crippen LogP contribution in [0.4, 0.5) is 0 Å². The Bertz CT molecular complexity index is 257. The largest absolute Gasteiger partial charge is 0.354 e. The van der Waals surface area contributed by atoms with Crippen LogP contribution in [0, 0.1) is 11.3 Å². The van der Waals surface area contributed by atoms with Crippen LogP contribution in [0.15, 0.2) is 0 Å². The predicted octanol–water partition coefficient (Wildman–Crippen LogP) is 0.230. The van der Waals surface area contributed by atoms with Crippen LogP contribution in [0.1, 0.15) is 32.6 Å². The van der Waals surface area contributed by atoms with Crippen LogP contribution in [0.3, 0.4) is 0 Å². The van der Waals surface area contributed by atoms with Crippen LogP contribution in [-0.2, 0) is 4.79 Å². The average Bonchev–Trinajstić information content (AvgIpc) is 3.10. The summed E-state index contributed by atoms with van der Waals surface area (Å²) in [5.41, 5.74) is 5.73. The number of piperidine rings is 1. The first-order valence-electron chi connectivity index (χ1n) is 6.36. The second-order valence-corrected chi connectivity index (χ2v) is 5.55. The number of amides is 1. The van der Waals surface area contributed by atoms with Crippen LogP contribution >= 0.6 is 0 Å². The normalized spacial score (nSPS) is 32.1. The van der Waals surface area contributed by atoms with Gasteiger partial charge in [0.15, 0.2) is 0 Å². The first-order chi connectivity index (χ1) is 7.62. The van der Waals surface area contributed by atoms with Gasteiger partial charge in [-0.3, -0.25) is 4.79 Å². The van der Waals surface area contributed by atoms with Crippen molar-refractivity contribution in [3.05, 3.63) is 0 Å². The SMILES string of the molecule is CC1(C(=O)NCC(N)C2CC2)CCCNC1. The van der Waals surface area contributed by atoms with Crippen molar-refractivity contribution in [3.63, 3.8) is 0 Å². The van der Waals surface area contributed by atoms with Gasteiger partial charge in [0, 0.05) is 19.1 Å². The standard InChI is InChI=1S/C12H23N3O/c1-12(5-2-6-14-8-12)11(16)15-7-10(13)9-3-4-9/h9-10,14H,2-8,13H2,1H3,(H,15,16). The molecule has 92 valence electrons. The summed E-state index contributed by atoms with van der Waals surface area (Å²) in [7, 11) is 0. The zero-order valence-electron chi connectivity index (χ0n) is 10.1. The third kappa shape index (κ3) is 2.74. The van der Waals surface area contributed by atoms with E-state index in [9.17, 15) is 4.79 Å². The number of nitrogens with two attached hydrogens (primary N) is 1. The molecule has 2 fully saturated rings. The Morgan fingerprint density at radius 2 is 2.38 bits per heavy atom. The van der Waals surface area contributed by atoms with E-state index in [1.165, 1.54) is 12.8 Å². The minimum atomic E-state index is -0.235. The van der Waals surface area contributed by atoms with Crippen molar-refractivity contribution in [2.45, 2.75) is 38.6 Å². The van der Waals surface area contributed by atoms with E-state index < -0.39 is 0 Å². The molecule has 0 spiro atoms. The highest BCUT2D eigenvalue weighted by molar-refractivity contribution is 5.82. The molecule has 4 N–H and O–H groups in total. The van der Waals surface area contributed by atoms with Crippen molar-refractivity contribution in [3.8, 4) is 0 Å². The third-order valence-corrected chi connectivity index (χ3v) is 3.87. The molecule has 1 saturated heterocycles. The summed E-state index contributed by atoms with van der Waals surface area (Å²) in [5, 5.41) is 6.30. The van der Waals surface area contributed by atoms with E-state index >= 15 is 0 Å². The summed E-state index contributed by atoms with van der Waals surface area (Å²) in [6.45, 7) is 4.50. The highest BCUT2D eigenvalue weighted by Crippen LogP contribution is 2.31. The van der Waals surface area contributed by atoms with Crippen molar-refractivity contribution in [2.24, 2.45) is 17.1 Å². The molecule has 2 rings (SSSR count). The molecule has 1 aliphatic carbocycles. The fourth-order valence-electron chi connectivity index (χ4n) is 2.37. The number of hydrogen-bond donors (Lipinski definition) is 3. The van der Waals surface area contributed by atoms with Crippen molar-refractivity contribution < 1.29 is 4.79 Å². The lowest BCUT2D eigenvalue weighted by atomic mass is 9.82. The first kappa shape index (κ1) is 11.9. The Morgan fingerprint density at radius 1 is 1.62 bits per heavy atom. The number of hydrogen-bond acceptors (Lipinski definition) is 3. The molecule has 2 atom stereocenters. The number of nitrogens with one attached hydrogen (secondary N) is 2. The topological polar surface area (TPSA) is 67.2 Å². The maximum absolute atomic E-state index is 12.1. The lowest BCUT2D eigenvalue weighted by Crippen LogP contribution is -2.51. The number of rotatable bonds is 4. The van der Waals surface area contributed by atoms with Gasteiger partial charge in [-0.1, -0.05) is 0 Å². The summed E-state index contributed by atoms with van der Waals surface area (Å²) in [5.74, 6) is 0.813. The fraction of sp³-hybridized carbons (Fsp3) is 0.917. The maximum atomic E-state index is 12.1. The second-order valence-electron chi connectivity index (χ2n) is 5.55. The highest BCUT2D eigenvalue weighted by atomic mass is 16.2. The van der Waals surface area contributed by atoms with Gasteiger partial charge in [0.25, 0.3) is 0 Å². The van der Waals surface area contributed by atoms with Crippen molar-refractivity contribution in [1.82, 2.24) is 10.6 Å². The van der Waals surface area contributed by atoms with E-state index in [2.05, 4.69) is 10.6 Å². The van der Waals surface area contributed by atoms with Crippen LogP contribution in [0.2, 0.25) is 0 Å². The Balaban J connectivity index is 1.77. The van der Waals surface area contributed by atoms with Gasteiger partial charge < -0.3 is 16.4 Å². The number of carbonyl (C=O) groups is 1. The third-order valence-electron chi connectivity index (χ3n) is 3.87. The Hall–Kier alpha value is -0.610. The molecular formula is C12H23N3O. The summed E-state index contributed by atoms with van der Waals surface area (Å²) in [6.07, 6.45) is 4.52. The zero-order valence-corrected chi connectivity index (χ0v) is 10.1. The summed E-state index contributed by atoms with van der Waals surface area (Å²) in [4.78, 5) is 12.1. The average molecular weight is 225 g/mol. The minimum absolute atomic E-state index is 0.157. The molecule has 1 saturated carbocycles. The van der Waals surface area contributed by atoms with Gasteiger partial charge in [0.1, 0.15) is 0 Å². The molecule has 2 aliphatic rings. The summed E-state index contributed by atoms with van der Waals surface area (Å²) in [6, 6.07) is 0.157. The quantitative estimate of drug-likeness (QED) is 0.641. The molecular weight excluding hydrogens is 202 g/mol. The molecule has 0 aromatic rings. The van der Waals surface area contributed by atoms with E-state index in [0.717, 1.165) is 25.9 Å². The molecule has 2 unspecified atom stereocenters. The molecule has 0 aromatic carbocycles. The van der Waals surface area contributed by atoms with E-state index in [-0.39, 0.29) is 17.4 Å². The Kier molecular flexibility index (Phi) is 3.50. The van der Waals surface area contributed by atoms with E-state index in [4.69, 9.17) is 5.73 Å². The van der Waals surface area contributed by atoms with Crippen LogP contribution in [-0.4, -0.2) is 31.6 Å². The molecule has 16 heavy (non-hydrogen) atoms. The smallest absolute Gasteiger partial charge is 0.227 e. The van der Waals surface area contributed by atoms with Crippen LogP contribution < -0.4 is 16.4 Å². The van der Waals surface area contributed by atoms with E-state index in [1.54, 1.807) is 0 Å². The van der Waals surface area contributed by atoms with Gasteiger partial charge in [-0.25, -0.2) is 0 Å². The lowest BCUT2D eigenvalue weighted by molar-refractivity contribution is -0.131. The maximum Gasteiger partial charge on any atom is 0.227 e. The lowest BCUT2D eigenvalue weighted by Gasteiger charge is -2.33. The first-order valence-corrected chi connectivity index (χ1v) is 6.36. The molecule has 0 radical (unpaired) electrons. The molecule has 1 heterocycles. The van der Waals surface area contributed by atoms with Crippen molar-refractivity contribution in [2.75, 3.05) is 19.6 Å². The van der Waals surface area contributed by atoms with Gasteiger partial charge >= 0.3 is 0 Å². The summed E-state index contributed by atoms with van der Waals surface area (Å²) >= 11 is 0. The van der Waals surface area contributed by atoms with Crippen molar-refractivity contribution in [1.29, 1.82) is 0 Å². The fourth-order valence-corrected chi connectivity index (χ4v) is 2.37. The second kappa shape index (κ2) is 4.72. The van der Waals surface area contributed by atoms with Crippen LogP contribution in [0.25, 0.3) is 0 Å². The molecule has 1 amide bonds. The van der Waals surface area contributed by atoms with E-state index in [0.29, 0.717) is 12.5 Å². The highest BCUT2D eigenvalue weighted by Gasteiger charge is 2.35. The monoisotopic (exact) mass is 225 g/mol. The summed E-state index contributed by atoms with van der Waals surface area (Å²) < 4.78 is 0. The van der Waals surface area contributed by atoms with Gasteiger partial charge in [0.2, 0.25) is 5.91 Å². The van der Waals surface area contributed by atoms with Gasteiger partial charge in [0.05, 0.1) is 5.41 Å². The minimum Gasteiger partial charge on any atom is -0.354 e. The Morgan fingerprint density at radius 3 is 2.94 bits per heavy atom. The van der Waals surface area contributed by atoms with Crippen LogP contribution in [0.5, 0.6) is 0 Å². The van der Waals surface area contributed by atoms with Gasteiger partial charge in [-0.15, -0.1) is 0 Å². The predicted molar refractivity (Wildman–Crippen MR) is 63.9 cm³/mol. The van der Waals surface area contributed by atoms with Gasteiger partial charge in [-0.2, -0.15) is 0 Å². The molecule has 4 nitrogen and oxygen atoms in total. The molecule has 0 aromatic heterocycles. The van der Waals surface area contributed by atoms with E-state index in [1.807, 2.05) is 6.92 Å². The molecule has 4 heteroatoms.